The zero-order valence-corrected chi connectivity index (χ0v) is 13.6. The molecule has 0 saturated heterocycles. The summed E-state index contributed by atoms with van der Waals surface area (Å²) in [7, 11) is 0. The SMILES string of the molecule is CC(C)CNCC(C)C.NC(=S)[S-].[Na+]. The molecule has 0 fully saturated rings. The van der Waals surface area contributed by atoms with Crippen LogP contribution in [0.1, 0.15) is 27.7 Å². The maximum absolute atomic E-state index is 4.66. The van der Waals surface area contributed by atoms with Gasteiger partial charge in [0.15, 0.2) is 0 Å². The summed E-state index contributed by atoms with van der Waals surface area (Å²) in [6.45, 7) is 11.2. The van der Waals surface area contributed by atoms with Crippen molar-refractivity contribution in [3.8, 4) is 0 Å². The molecule has 0 heterocycles. The normalized spacial score (nSPS) is 9.00. The van der Waals surface area contributed by atoms with Crippen molar-refractivity contribution >= 4 is 29.2 Å². The van der Waals surface area contributed by atoms with Crippen molar-refractivity contribution in [3.63, 3.8) is 0 Å². The van der Waals surface area contributed by atoms with Crippen LogP contribution < -0.4 is 40.6 Å². The molecule has 2 nitrogen and oxygen atoms in total. The van der Waals surface area contributed by atoms with Crippen LogP contribution in [0, 0.1) is 11.8 Å². The van der Waals surface area contributed by atoms with Crippen molar-refractivity contribution in [2.45, 2.75) is 27.7 Å². The zero-order valence-electron chi connectivity index (χ0n) is 9.96. The molecule has 0 aromatic heterocycles. The Morgan fingerprint density at radius 2 is 1.43 bits per heavy atom. The van der Waals surface area contributed by atoms with Gasteiger partial charge in [-0.2, -0.15) is 0 Å². The van der Waals surface area contributed by atoms with Gasteiger partial charge in [0.25, 0.3) is 0 Å². The molecular weight excluding hydrogens is 223 g/mol. The fourth-order valence-electron chi connectivity index (χ4n) is 0.661. The minimum absolute atomic E-state index is 0. The third-order valence-corrected chi connectivity index (χ3v) is 1.11. The third kappa shape index (κ3) is 38.1. The molecule has 5 heteroatoms. The first-order chi connectivity index (χ1) is 5.86. The predicted octanol–water partition coefficient (Wildman–Crippen LogP) is -1.33. The van der Waals surface area contributed by atoms with Crippen LogP contribution in [0.5, 0.6) is 0 Å². The predicted molar refractivity (Wildman–Crippen MR) is 66.7 cm³/mol. The molecule has 0 aromatic rings. The summed E-state index contributed by atoms with van der Waals surface area (Å²) in [5.41, 5.74) is 4.66. The van der Waals surface area contributed by atoms with E-state index in [4.69, 9.17) is 0 Å². The second kappa shape index (κ2) is 14.1. The van der Waals surface area contributed by atoms with Gasteiger partial charge in [0, 0.05) is 0 Å². The van der Waals surface area contributed by atoms with E-state index in [1.165, 1.54) is 0 Å². The van der Waals surface area contributed by atoms with Crippen molar-refractivity contribution in [3.05, 3.63) is 0 Å². The standard InChI is InChI=1S/C8H19N.CH3NS2.Na/c1-7(2)5-9-6-8(3)4;2-1(3)4;/h7-9H,5-6H2,1-4H3;(H3,2,3,4);/q;;+1/p-1. The second-order valence-electron chi connectivity index (χ2n) is 3.76. The summed E-state index contributed by atoms with van der Waals surface area (Å²) in [5, 5.41) is 3.38. The summed E-state index contributed by atoms with van der Waals surface area (Å²) < 4.78 is 0.0833. The molecule has 0 aliphatic heterocycles. The topological polar surface area (TPSA) is 38.0 Å². The average molecular weight is 244 g/mol. The quantitative estimate of drug-likeness (QED) is 0.365. The molecule has 0 unspecified atom stereocenters. The number of thiocarbonyl (C=S) groups is 1. The van der Waals surface area contributed by atoms with Crippen LogP contribution in [0.4, 0.5) is 0 Å². The Labute approximate surface area is 121 Å². The first kappa shape index (κ1) is 20.5. The van der Waals surface area contributed by atoms with Crippen LogP contribution in [-0.2, 0) is 12.6 Å². The van der Waals surface area contributed by atoms with Gasteiger partial charge in [0.1, 0.15) is 0 Å². The maximum atomic E-state index is 4.66. The van der Waals surface area contributed by atoms with E-state index in [-0.39, 0.29) is 33.9 Å². The van der Waals surface area contributed by atoms with E-state index in [2.05, 4.69) is 63.6 Å². The molecule has 0 aliphatic rings. The van der Waals surface area contributed by atoms with Gasteiger partial charge in [-0.1, -0.05) is 32.0 Å². The molecule has 0 saturated carbocycles. The zero-order chi connectivity index (χ0) is 10.9. The van der Waals surface area contributed by atoms with Gasteiger partial charge in [-0.05, 0) is 24.9 Å². The fraction of sp³-hybridized carbons (Fsp3) is 0.889. The van der Waals surface area contributed by atoms with E-state index in [1.807, 2.05) is 0 Å². The van der Waals surface area contributed by atoms with Crippen LogP contribution in [0.15, 0.2) is 0 Å². The second-order valence-corrected chi connectivity index (χ2v) is 4.90. The fourth-order valence-corrected chi connectivity index (χ4v) is 0.661. The van der Waals surface area contributed by atoms with E-state index in [0.29, 0.717) is 0 Å². The van der Waals surface area contributed by atoms with Crippen LogP contribution in [-0.4, -0.2) is 17.4 Å². The Bertz CT molecular complexity index is 118. The first-order valence-electron chi connectivity index (χ1n) is 4.53. The van der Waals surface area contributed by atoms with Crippen LogP contribution in [0.25, 0.3) is 0 Å². The Kier molecular flexibility index (Phi) is 20.6. The monoisotopic (exact) mass is 244 g/mol. The smallest absolute Gasteiger partial charge is 0.415 e. The molecule has 0 rings (SSSR count). The molecule has 0 amide bonds. The van der Waals surface area contributed by atoms with Gasteiger partial charge in [0.2, 0.25) is 0 Å². The molecular formula is C9H21N2NaS2. The third-order valence-electron chi connectivity index (χ3n) is 1.11. The summed E-state index contributed by atoms with van der Waals surface area (Å²) in [4.78, 5) is 0. The number of nitrogens with one attached hydrogen (secondary N) is 1. The van der Waals surface area contributed by atoms with Gasteiger partial charge < -0.3 is 35.9 Å². The van der Waals surface area contributed by atoms with Gasteiger partial charge >= 0.3 is 29.6 Å². The van der Waals surface area contributed by atoms with Crippen molar-refractivity contribution < 1.29 is 29.6 Å². The Balaban J connectivity index is -0.000000209. The molecule has 0 atom stereocenters. The minimum atomic E-state index is 0. The van der Waals surface area contributed by atoms with Crippen LogP contribution >= 0.6 is 12.2 Å². The van der Waals surface area contributed by atoms with Crippen molar-refractivity contribution in [2.75, 3.05) is 13.1 Å². The molecule has 14 heavy (non-hydrogen) atoms. The first-order valence-corrected chi connectivity index (χ1v) is 5.35. The largest absolute Gasteiger partial charge is 1.00 e. The Morgan fingerprint density at radius 1 is 1.21 bits per heavy atom. The van der Waals surface area contributed by atoms with Gasteiger partial charge in [-0.15, -0.1) is 0 Å². The molecule has 80 valence electrons. The van der Waals surface area contributed by atoms with E-state index in [0.717, 1.165) is 24.9 Å². The number of rotatable bonds is 4. The Hall–Kier alpha value is 1.07. The van der Waals surface area contributed by atoms with Gasteiger partial charge in [0.05, 0.1) is 0 Å². The number of nitrogens with two attached hydrogens (primary N) is 1. The van der Waals surface area contributed by atoms with E-state index in [1.54, 1.807) is 0 Å². The molecule has 0 radical (unpaired) electrons. The average Bonchev–Trinajstić information content (AvgIpc) is 1.83. The van der Waals surface area contributed by atoms with Crippen molar-refractivity contribution in [1.82, 2.24) is 5.32 Å². The van der Waals surface area contributed by atoms with Gasteiger partial charge in [-0.3, -0.25) is 0 Å². The summed E-state index contributed by atoms with van der Waals surface area (Å²) in [5.74, 6) is 1.56. The summed E-state index contributed by atoms with van der Waals surface area (Å²) in [6.07, 6.45) is 0. The van der Waals surface area contributed by atoms with Crippen LogP contribution in [0.3, 0.4) is 0 Å². The molecule has 0 bridgehead atoms. The van der Waals surface area contributed by atoms with E-state index < -0.39 is 0 Å². The summed E-state index contributed by atoms with van der Waals surface area (Å²) in [6, 6.07) is 0. The van der Waals surface area contributed by atoms with Crippen molar-refractivity contribution in [1.29, 1.82) is 0 Å². The van der Waals surface area contributed by atoms with Crippen molar-refractivity contribution in [2.24, 2.45) is 17.6 Å². The Morgan fingerprint density at radius 3 is 1.57 bits per heavy atom. The van der Waals surface area contributed by atoms with E-state index in [9.17, 15) is 0 Å². The summed E-state index contributed by atoms with van der Waals surface area (Å²) >= 11 is 8.26. The maximum Gasteiger partial charge on any atom is 1.00 e. The minimum Gasteiger partial charge on any atom is -0.415 e. The van der Waals surface area contributed by atoms with Crippen LogP contribution in [0.2, 0.25) is 0 Å². The van der Waals surface area contributed by atoms with Gasteiger partial charge in [-0.25, -0.2) is 0 Å². The molecule has 0 spiro atoms. The number of hydrogen-bond acceptors (Lipinski definition) is 3. The van der Waals surface area contributed by atoms with E-state index >= 15 is 0 Å². The molecule has 0 aliphatic carbocycles. The molecule has 3 N–H and O–H groups in total. The molecule has 0 aromatic carbocycles. The number of hydrogen-bond donors (Lipinski definition) is 2.